The van der Waals surface area contributed by atoms with Crippen LogP contribution in [-0.4, -0.2) is 37.8 Å². The number of nitrogens with one attached hydrogen (secondary N) is 1. The zero-order chi connectivity index (χ0) is 21.2. The van der Waals surface area contributed by atoms with Gasteiger partial charge in [-0.05, 0) is 49.1 Å². The van der Waals surface area contributed by atoms with Crippen LogP contribution in [0.2, 0.25) is 0 Å². The van der Waals surface area contributed by atoms with E-state index in [-0.39, 0.29) is 12.5 Å². The van der Waals surface area contributed by atoms with Crippen molar-refractivity contribution in [2.75, 3.05) is 7.11 Å². The minimum Gasteiger partial charge on any atom is -0.497 e. The van der Waals surface area contributed by atoms with Crippen molar-refractivity contribution in [3.8, 4) is 17.2 Å². The van der Waals surface area contributed by atoms with Gasteiger partial charge in [0.05, 0.1) is 19.2 Å². The van der Waals surface area contributed by atoms with Gasteiger partial charge in [-0.25, -0.2) is 0 Å². The first-order valence-corrected chi connectivity index (χ1v) is 10.3. The van der Waals surface area contributed by atoms with Crippen molar-refractivity contribution in [3.05, 3.63) is 59.8 Å². The molecule has 0 atom stereocenters. The van der Waals surface area contributed by atoms with E-state index in [1.54, 1.807) is 7.11 Å². The molecule has 0 radical (unpaired) electrons. The van der Waals surface area contributed by atoms with E-state index in [0.29, 0.717) is 36.1 Å². The maximum atomic E-state index is 12.3. The number of carbonyl (C=O) groups is 1. The smallest absolute Gasteiger partial charge is 0.261 e. The first-order valence-electron chi connectivity index (χ1n) is 10.3. The van der Waals surface area contributed by atoms with Crippen LogP contribution in [0.25, 0.3) is 17.1 Å². The van der Waals surface area contributed by atoms with Gasteiger partial charge >= 0.3 is 0 Å². The van der Waals surface area contributed by atoms with Gasteiger partial charge in [0.15, 0.2) is 17.3 Å². The van der Waals surface area contributed by atoms with Gasteiger partial charge in [0.1, 0.15) is 5.75 Å². The molecular weight excluding hydrogens is 396 g/mol. The Kier molecular flexibility index (Phi) is 5.07. The molecule has 1 amide bonds. The molecule has 9 heteroatoms. The fraction of sp³-hybridized carbons (Fsp3) is 0.318. The van der Waals surface area contributed by atoms with Crippen molar-refractivity contribution >= 4 is 11.6 Å². The Bertz CT molecular complexity index is 1210. The summed E-state index contributed by atoms with van der Waals surface area (Å²) in [6, 6.07) is 11.5. The number of pyridine rings is 1. The highest BCUT2D eigenvalue weighted by atomic mass is 16.5. The average Bonchev–Trinajstić information content (AvgIpc) is 3.39. The van der Waals surface area contributed by atoms with Crippen molar-refractivity contribution in [1.82, 2.24) is 30.1 Å². The highest BCUT2D eigenvalue weighted by molar-refractivity contribution is 5.76. The molecule has 0 aliphatic heterocycles. The normalized spacial score (nSPS) is 13.5. The van der Waals surface area contributed by atoms with Crippen LogP contribution >= 0.6 is 0 Å². The number of methoxy groups -OCH3 is 1. The number of hydrogen-bond donors (Lipinski definition) is 1. The van der Waals surface area contributed by atoms with E-state index < -0.39 is 0 Å². The first kappa shape index (κ1) is 19.2. The summed E-state index contributed by atoms with van der Waals surface area (Å²) >= 11 is 0. The second-order valence-corrected chi connectivity index (χ2v) is 7.59. The number of ether oxygens (including phenoxy) is 1. The van der Waals surface area contributed by atoms with Crippen LogP contribution < -0.4 is 10.1 Å². The number of hydrogen-bond acceptors (Lipinski definition) is 7. The Morgan fingerprint density at radius 2 is 2.06 bits per heavy atom. The molecule has 158 valence electrons. The van der Waals surface area contributed by atoms with E-state index in [9.17, 15) is 4.79 Å². The van der Waals surface area contributed by atoms with Gasteiger partial charge in [-0.2, -0.15) is 4.98 Å². The molecule has 31 heavy (non-hydrogen) atoms. The summed E-state index contributed by atoms with van der Waals surface area (Å²) in [5, 5.41) is 15.5. The van der Waals surface area contributed by atoms with Crippen molar-refractivity contribution in [1.29, 1.82) is 0 Å². The predicted octanol–water partition coefficient (Wildman–Crippen LogP) is 2.91. The SMILES string of the molecule is COc1ccc(CCC(=O)NCc2nnc3c(-c4nc(C5CC5)no4)cccn23)cc1. The number of nitrogens with zero attached hydrogens (tertiary/aromatic N) is 5. The van der Waals surface area contributed by atoms with Crippen LogP contribution in [0.1, 0.15) is 42.4 Å². The summed E-state index contributed by atoms with van der Waals surface area (Å²) in [6.07, 6.45) is 5.12. The number of fused-ring (bicyclic) bond motifs is 1. The Morgan fingerprint density at radius 1 is 1.23 bits per heavy atom. The Hall–Kier alpha value is -3.75. The third kappa shape index (κ3) is 4.11. The van der Waals surface area contributed by atoms with E-state index in [4.69, 9.17) is 9.26 Å². The van der Waals surface area contributed by atoms with Gasteiger partial charge in [0.25, 0.3) is 5.89 Å². The number of aryl methyl sites for hydroxylation is 1. The molecule has 9 nitrogen and oxygen atoms in total. The molecule has 1 aliphatic carbocycles. The van der Waals surface area contributed by atoms with Crippen LogP contribution in [0.4, 0.5) is 0 Å². The monoisotopic (exact) mass is 418 g/mol. The van der Waals surface area contributed by atoms with Crippen LogP contribution in [0, 0.1) is 0 Å². The Balaban J connectivity index is 1.23. The molecule has 3 heterocycles. The lowest BCUT2D eigenvalue weighted by atomic mass is 10.1. The molecule has 3 aromatic heterocycles. The Labute approximate surface area is 178 Å². The molecule has 4 aromatic rings. The second kappa shape index (κ2) is 8.17. The van der Waals surface area contributed by atoms with Crippen molar-refractivity contribution in [2.45, 2.75) is 38.1 Å². The summed E-state index contributed by atoms with van der Waals surface area (Å²) in [5.74, 6) is 3.00. The maximum absolute atomic E-state index is 12.3. The lowest BCUT2D eigenvalue weighted by molar-refractivity contribution is -0.121. The molecule has 1 aliphatic rings. The third-order valence-electron chi connectivity index (χ3n) is 5.36. The van der Waals surface area contributed by atoms with Crippen molar-refractivity contribution in [3.63, 3.8) is 0 Å². The van der Waals surface area contributed by atoms with E-state index in [1.807, 2.05) is 47.0 Å². The molecule has 0 unspecified atom stereocenters. The first-order chi connectivity index (χ1) is 15.2. The van der Waals surface area contributed by atoms with E-state index in [0.717, 1.165) is 35.5 Å². The van der Waals surface area contributed by atoms with Crippen LogP contribution in [0.5, 0.6) is 5.75 Å². The highest BCUT2D eigenvalue weighted by Gasteiger charge is 2.29. The molecule has 0 saturated heterocycles. The lowest BCUT2D eigenvalue weighted by Gasteiger charge is -2.06. The zero-order valence-corrected chi connectivity index (χ0v) is 17.1. The summed E-state index contributed by atoms with van der Waals surface area (Å²) in [6.45, 7) is 0.281. The lowest BCUT2D eigenvalue weighted by Crippen LogP contribution is -2.24. The molecule has 5 rings (SSSR count). The van der Waals surface area contributed by atoms with Gasteiger partial charge < -0.3 is 14.6 Å². The van der Waals surface area contributed by atoms with Gasteiger partial charge in [-0.3, -0.25) is 9.20 Å². The topological polar surface area (TPSA) is 107 Å². The van der Waals surface area contributed by atoms with Gasteiger partial charge in [-0.15, -0.1) is 10.2 Å². The van der Waals surface area contributed by atoms with E-state index >= 15 is 0 Å². The fourth-order valence-electron chi connectivity index (χ4n) is 3.42. The average molecular weight is 418 g/mol. The van der Waals surface area contributed by atoms with Gasteiger partial charge in [0, 0.05) is 18.5 Å². The minimum atomic E-state index is -0.0466. The maximum Gasteiger partial charge on any atom is 0.261 e. The predicted molar refractivity (Wildman–Crippen MR) is 111 cm³/mol. The van der Waals surface area contributed by atoms with Crippen molar-refractivity contribution in [2.24, 2.45) is 0 Å². The quantitative estimate of drug-likeness (QED) is 0.469. The molecule has 1 aromatic carbocycles. The molecule has 1 N–H and O–H groups in total. The second-order valence-electron chi connectivity index (χ2n) is 7.59. The zero-order valence-electron chi connectivity index (χ0n) is 17.1. The van der Waals surface area contributed by atoms with Crippen LogP contribution in [0.3, 0.4) is 0 Å². The minimum absolute atomic E-state index is 0.0466. The van der Waals surface area contributed by atoms with E-state index in [2.05, 4.69) is 25.7 Å². The van der Waals surface area contributed by atoms with E-state index in [1.165, 1.54) is 0 Å². The summed E-state index contributed by atoms with van der Waals surface area (Å²) in [4.78, 5) is 16.8. The molecule has 0 bridgehead atoms. The summed E-state index contributed by atoms with van der Waals surface area (Å²) in [7, 11) is 1.63. The van der Waals surface area contributed by atoms with Gasteiger partial charge in [0.2, 0.25) is 5.91 Å². The fourth-order valence-corrected chi connectivity index (χ4v) is 3.42. The van der Waals surface area contributed by atoms with Gasteiger partial charge in [-0.1, -0.05) is 17.3 Å². The van der Waals surface area contributed by atoms with Crippen LogP contribution in [-0.2, 0) is 17.8 Å². The third-order valence-corrected chi connectivity index (χ3v) is 5.36. The Morgan fingerprint density at radius 3 is 2.84 bits per heavy atom. The number of benzene rings is 1. The number of aromatic nitrogens is 5. The number of amides is 1. The molecule has 1 fully saturated rings. The summed E-state index contributed by atoms with van der Waals surface area (Å²) < 4.78 is 12.4. The summed E-state index contributed by atoms with van der Waals surface area (Å²) in [5.41, 5.74) is 2.43. The standard InChI is InChI=1S/C22H22N6O3/c1-30-16-9-4-14(5-10-16)6-11-19(29)23-13-18-25-26-21-17(3-2-12-28(18)21)22-24-20(27-31-22)15-7-8-15/h2-5,9-10,12,15H,6-8,11,13H2,1H3,(H,23,29). The van der Waals surface area contributed by atoms with Crippen LogP contribution in [0.15, 0.2) is 47.1 Å². The number of rotatable bonds is 8. The molecule has 1 saturated carbocycles. The van der Waals surface area contributed by atoms with Crippen molar-refractivity contribution < 1.29 is 14.1 Å². The largest absolute Gasteiger partial charge is 0.497 e. The number of carbonyl (C=O) groups excluding carboxylic acids is 1. The molecule has 0 spiro atoms. The molecular formula is C22H22N6O3. The highest BCUT2D eigenvalue weighted by Crippen LogP contribution is 2.39.